The lowest BCUT2D eigenvalue weighted by molar-refractivity contribution is 0.564. The second-order valence-electron chi connectivity index (χ2n) is 4.67. The van der Waals surface area contributed by atoms with Crippen molar-refractivity contribution in [3.05, 3.63) is 46.2 Å². The monoisotopic (exact) mass is 326 g/mol. The summed E-state index contributed by atoms with van der Waals surface area (Å²) in [7, 11) is 0. The van der Waals surface area contributed by atoms with E-state index in [2.05, 4.69) is 45.2 Å². The van der Waals surface area contributed by atoms with Crippen molar-refractivity contribution < 1.29 is 4.39 Å². The molecule has 1 aromatic carbocycles. The Kier molecular flexibility index (Phi) is 4.66. The van der Waals surface area contributed by atoms with E-state index < -0.39 is 0 Å². The van der Waals surface area contributed by atoms with Crippen molar-refractivity contribution in [2.24, 2.45) is 0 Å². The van der Waals surface area contributed by atoms with Gasteiger partial charge in [0, 0.05) is 10.5 Å². The highest BCUT2D eigenvalue weighted by Gasteiger charge is 2.04. The zero-order valence-electron chi connectivity index (χ0n) is 10.9. The Balaban J connectivity index is 2.03. The van der Waals surface area contributed by atoms with Crippen LogP contribution in [0, 0.1) is 5.82 Å². The van der Waals surface area contributed by atoms with E-state index in [1.807, 2.05) is 6.07 Å². The smallest absolute Gasteiger partial charge is 0.164 e. The van der Waals surface area contributed by atoms with Gasteiger partial charge in [0.25, 0.3) is 0 Å². The second kappa shape index (κ2) is 6.25. The average Bonchev–Trinajstić information content (AvgIpc) is 2.72. The van der Waals surface area contributed by atoms with Gasteiger partial charge in [-0.25, -0.2) is 14.1 Å². The maximum atomic E-state index is 13.3. The van der Waals surface area contributed by atoms with Crippen LogP contribution >= 0.6 is 15.9 Å². The van der Waals surface area contributed by atoms with Crippen LogP contribution < -0.4 is 5.32 Å². The molecule has 0 aliphatic heterocycles. The zero-order chi connectivity index (χ0) is 13.8. The van der Waals surface area contributed by atoms with Gasteiger partial charge >= 0.3 is 0 Å². The van der Waals surface area contributed by atoms with Crippen LogP contribution in [0.3, 0.4) is 0 Å². The van der Waals surface area contributed by atoms with Crippen molar-refractivity contribution in [2.45, 2.75) is 33.0 Å². The van der Waals surface area contributed by atoms with Gasteiger partial charge < -0.3 is 5.32 Å². The van der Waals surface area contributed by atoms with Gasteiger partial charge in [-0.05, 0) is 23.8 Å². The molecular weight excluding hydrogens is 311 g/mol. The number of hydrogen-bond donors (Lipinski definition) is 1. The minimum absolute atomic E-state index is 0.258. The summed E-state index contributed by atoms with van der Waals surface area (Å²) >= 11 is 3.28. The minimum atomic E-state index is -0.258. The van der Waals surface area contributed by atoms with Crippen molar-refractivity contribution in [2.75, 3.05) is 0 Å². The third kappa shape index (κ3) is 4.40. The lowest BCUT2D eigenvalue weighted by atomic mass is 10.2. The summed E-state index contributed by atoms with van der Waals surface area (Å²) < 4.78 is 15.7. The van der Waals surface area contributed by atoms with Crippen molar-refractivity contribution in [3.8, 4) is 0 Å². The fourth-order valence-electron chi connectivity index (χ4n) is 1.68. The van der Waals surface area contributed by atoms with E-state index in [1.165, 1.54) is 12.1 Å². The molecule has 19 heavy (non-hydrogen) atoms. The third-order valence-corrected chi connectivity index (χ3v) is 2.98. The summed E-state index contributed by atoms with van der Waals surface area (Å²) in [5, 5.41) is 7.59. The van der Waals surface area contributed by atoms with Crippen LogP contribution in [0.1, 0.15) is 25.2 Å². The van der Waals surface area contributed by atoms with Gasteiger partial charge in [-0.2, -0.15) is 5.10 Å². The summed E-state index contributed by atoms with van der Waals surface area (Å²) in [4.78, 5) is 4.21. The van der Waals surface area contributed by atoms with E-state index in [4.69, 9.17) is 0 Å². The molecule has 0 aliphatic carbocycles. The first kappa shape index (κ1) is 14.1. The molecular formula is C13H16BrFN4. The Morgan fingerprint density at radius 3 is 2.84 bits per heavy atom. The molecule has 0 unspecified atom stereocenters. The van der Waals surface area contributed by atoms with Crippen LogP contribution in [0.2, 0.25) is 0 Å². The maximum absolute atomic E-state index is 13.3. The molecule has 0 spiro atoms. The molecule has 1 heterocycles. The van der Waals surface area contributed by atoms with Gasteiger partial charge in [0.05, 0.1) is 13.1 Å². The molecule has 6 heteroatoms. The highest BCUT2D eigenvalue weighted by Crippen LogP contribution is 2.15. The first-order valence-corrected chi connectivity index (χ1v) is 6.89. The predicted molar refractivity (Wildman–Crippen MR) is 75.2 cm³/mol. The van der Waals surface area contributed by atoms with E-state index in [0.717, 1.165) is 15.9 Å². The standard InChI is InChI=1S/C13H16BrFN4/c1-9(2)16-6-13-17-8-19(18-13)7-10-3-11(14)5-12(15)4-10/h3-5,8-9,16H,6-7H2,1-2H3. The van der Waals surface area contributed by atoms with Gasteiger partial charge in [-0.1, -0.05) is 29.8 Å². The first-order valence-electron chi connectivity index (χ1n) is 6.09. The third-order valence-electron chi connectivity index (χ3n) is 2.52. The Morgan fingerprint density at radius 1 is 1.37 bits per heavy atom. The first-order chi connectivity index (χ1) is 9.02. The lowest BCUT2D eigenvalue weighted by Crippen LogP contribution is -2.22. The van der Waals surface area contributed by atoms with Crippen molar-refractivity contribution in [1.82, 2.24) is 20.1 Å². The molecule has 0 bridgehead atoms. The number of halogens is 2. The molecule has 1 N–H and O–H groups in total. The van der Waals surface area contributed by atoms with Crippen LogP contribution in [0.25, 0.3) is 0 Å². The summed E-state index contributed by atoms with van der Waals surface area (Å²) in [5.74, 6) is 0.482. The van der Waals surface area contributed by atoms with Crippen LogP contribution in [-0.2, 0) is 13.1 Å². The number of rotatable bonds is 5. The van der Waals surface area contributed by atoms with Crippen molar-refractivity contribution in [1.29, 1.82) is 0 Å². The van der Waals surface area contributed by atoms with Gasteiger partial charge in [0.15, 0.2) is 5.82 Å². The van der Waals surface area contributed by atoms with Crippen molar-refractivity contribution in [3.63, 3.8) is 0 Å². The van der Waals surface area contributed by atoms with Gasteiger partial charge in [0.1, 0.15) is 12.1 Å². The molecule has 0 saturated carbocycles. The Morgan fingerprint density at radius 2 is 2.16 bits per heavy atom. The van der Waals surface area contributed by atoms with Gasteiger partial charge in [0.2, 0.25) is 0 Å². The molecule has 4 nitrogen and oxygen atoms in total. The maximum Gasteiger partial charge on any atom is 0.164 e. The predicted octanol–water partition coefficient (Wildman–Crippen LogP) is 2.73. The molecule has 102 valence electrons. The molecule has 1 aromatic heterocycles. The number of hydrogen-bond acceptors (Lipinski definition) is 3. The highest BCUT2D eigenvalue weighted by molar-refractivity contribution is 9.10. The normalized spacial score (nSPS) is 11.2. The van der Waals surface area contributed by atoms with Crippen molar-refractivity contribution >= 4 is 15.9 Å². The molecule has 0 radical (unpaired) electrons. The van der Waals surface area contributed by atoms with E-state index in [9.17, 15) is 4.39 Å². The Bertz CT molecular complexity index is 533. The molecule has 0 atom stereocenters. The molecule has 0 saturated heterocycles. The fraction of sp³-hybridized carbons (Fsp3) is 0.385. The molecule has 0 amide bonds. The number of benzene rings is 1. The van der Waals surface area contributed by atoms with Gasteiger partial charge in [-0.3, -0.25) is 0 Å². The molecule has 2 aromatic rings. The topological polar surface area (TPSA) is 42.7 Å². The number of nitrogens with zero attached hydrogens (tertiary/aromatic N) is 3. The fourth-order valence-corrected chi connectivity index (χ4v) is 2.19. The van der Waals surface area contributed by atoms with E-state index >= 15 is 0 Å². The SMILES string of the molecule is CC(C)NCc1ncn(Cc2cc(F)cc(Br)c2)n1. The molecule has 0 fully saturated rings. The average molecular weight is 327 g/mol. The van der Waals surface area contributed by atoms with E-state index in [0.29, 0.717) is 19.1 Å². The molecule has 0 aliphatic rings. The minimum Gasteiger partial charge on any atom is -0.308 e. The number of nitrogens with one attached hydrogen (secondary N) is 1. The Hall–Kier alpha value is -1.27. The summed E-state index contributed by atoms with van der Waals surface area (Å²) in [6.45, 7) is 5.28. The van der Waals surface area contributed by atoms with Crippen LogP contribution in [0.5, 0.6) is 0 Å². The van der Waals surface area contributed by atoms with Crippen LogP contribution in [0.15, 0.2) is 29.0 Å². The quantitative estimate of drug-likeness (QED) is 0.918. The second-order valence-corrected chi connectivity index (χ2v) is 5.59. The van der Waals surface area contributed by atoms with Crippen LogP contribution in [-0.4, -0.2) is 20.8 Å². The van der Waals surface area contributed by atoms with E-state index in [-0.39, 0.29) is 5.82 Å². The van der Waals surface area contributed by atoms with Gasteiger partial charge in [-0.15, -0.1) is 0 Å². The molecule has 2 rings (SSSR count). The van der Waals surface area contributed by atoms with E-state index in [1.54, 1.807) is 11.0 Å². The Labute approximate surface area is 120 Å². The summed E-state index contributed by atoms with van der Waals surface area (Å²) in [6.07, 6.45) is 1.66. The largest absolute Gasteiger partial charge is 0.308 e. The highest BCUT2D eigenvalue weighted by atomic mass is 79.9. The summed E-state index contributed by atoms with van der Waals surface area (Å²) in [5.41, 5.74) is 0.847. The van der Waals surface area contributed by atoms with Crippen LogP contribution in [0.4, 0.5) is 4.39 Å². The lowest BCUT2D eigenvalue weighted by Gasteiger charge is -2.04. The summed E-state index contributed by atoms with van der Waals surface area (Å²) in [6, 6.07) is 5.20. The number of aromatic nitrogens is 3. The zero-order valence-corrected chi connectivity index (χ0v) is 12.5.